The maximum Gasteiger partial charge on any atom is 0.237 e. The fraction of sp³-hybridized carbons (Fsp3) is 0.632. The van der Waals surface area contributed by atoms with Gasteiger partial charge in [-0.2, -0.15) is 0 Å². The first-order valence-corrected chi connectivity index (χ1v) is 10.1. The lowest BCUT2D eigenvalue weighted by Crippen LogP contribution is -2.45. The molecule has 5 nitrogen and oxygen atoms in total. The van der Waals surface area contributed by atoms with Crippen LogP contribution in [-0.4, -0.2) is 58.2 Å². The molecule has 2 aromatic heterocycles. The summed E-state index contributed by atoms with van der Waals surface area (Å²) in [4.78, 5) is 10.7. The van der Waals surface area contributed by atoms with Crippen LogP contribution in [0.3, 0.4) is 0 Å². The van der Waals surface area contributed by atoms with Gasteiger partial charge in [-0.3, -0.25) is 9.80 Å². The van der Waals surface area contributed by atoms with Crippen molar-refractivity contribution in [1.82, 2.24) is 14.8 Å². The molecule has 0 amide bonds. The normalized spacial score (nSPS) is 25.7. The van der Waals surface area contributed by atoms with Crippen LogP contribution in [0.4, 0.5) is 0 Å². The molecule has 0 unspecified atom stereocenters. The molecular weight excluding hydrogens is 334 g/mol. The molecule has 0 spiro atoms. The average Bonchev–Trinajstić information content (AvgIpc) is 3.28. The van der Waals surface area contributed by atoms with Crippen molar-refractivity contribution in [3.8, 4) is 10.8 Å². The van der Waals surface area contributed by atoms with Gasteiger partial charge in [0.15, 0.2) is 0 Å². The standard InChI is InChI=1S/C19H27N3O2S/c1-13-6-9-25-18(13)19-20-15(14(2)24-19)10-21-11-16(17(23)12-21)22-7-4-3-5-8-22/h6,9,16-17,23H,3-5,7-8,10-12H2,1-2H3/t16-,17-/m0/s1. The van der Waals surface area contributed by atoms with E-state index in [1.807, 2.05) is 6.92 Å². The van der Waals surface area contributed by atoms with Gasteiger partial charge in [-0.25, -0.2) is 4.98 Å². The predicted molar refractivity (Wildman–Crippen MR) is 99.8 cm³/mol. The minimum Gasteiger partial charge on any atom is -0.440 e. The molecule has 0 bridgehead atoms. The molecule has 2 aliphatic rings. The van der Waals surface area contributed by atoms with E-state index in [4.69, 9.17) is 9.40 Å². The van der Waals surface area contributed by atoms with Crippen LogP contribution < -0.4 is 0 Å². The molecule has 0 saturated carbocycles. The van der Waals surface area contributed by atoms with E-state index in [0.717, 1.165) is 54.9 Å². The molecule has 1 N–H and O–H groups in total. The molecule has 25 heavy (non-hydrogen) atoms. The Labute approximate surface area is 153 Å². The van der Waals surface area contributed by atoms with E-state index < -0.39 is 0 Å². The summed E-state index contributed by atoms with van der Waals surface area (Å²) < 4.78 is 5.92. The van der Waals surface area contributed by atoms with Crippen LogP contribution in [0, 0.1) is 13.8 Å². The summed E-state index contributed by atoms with van der Waals surface area (Å²) in [6.45, 7) is 8.72. The Hall–Kier alpha value is -1.21. The molecule has 6 heteroatoms. The van der Waals surface area contributed by atoms with Crippen LogP contribution in [0.15, 0.2) is 15.9 Å². The van der Waals surface area contributed by atoms with Crippen LogP contribution in [0.25, 0.3) is 10.8 Å². The number of hydrogen-bond acceptors (Lipinski definition) is 6. The maximum absolute atomic E-state index is 10.5. The molecule has 4 heterocycles. The maximum atomic E-state index is 10.5. The Kier molecular flexibility index (Phi) is 4.95. The van der Waals surface area contributed by atoms with Gasteiger partial charge < -0.3 is 9.52 Å². The monoisotopic (exact) mass is 361 g/mol. The van der Waals surface area contributed by atoms with E-state index in [0.29, 0.717) is 0 Å². The van der Waals surface area contributed by atoms with E-state index in [1.165, 1.54) is 24.8 Å². The number of thiophene rings is 1. The van der Waals surface area contributed by atoms with Crippen LogP contribution >= 0.6 is 11.3 Å². The predicted octanol–water partition coefficient (Wildman–Crippen LogP) is 3.05. The number of oxazole rings is 1. The van der Waals surface area contributed by atoms with Crippen molar-refractivity contribution in [1.29, 1.82) is 0 Å². The minimum atomic E-state index is -0.260. The first-order chi connectivity index (χ1) is 12.1. The minimum absolute atomic E-state index is 0.260. The van der Waals surface area contributed by atoms with Crippen LogP contribution in [0.2, 0.25) is 0 Å². The largest absolute Gasteiger partial charge is 0.440 e. The molecule has 2 fully saturated rings. The lowest BCUT2D eigenvalue weighted by atomic mass is 10.1. The molecule has 2 saturated heterocycles. The van der Waals surface area contributed by atoms with E-state index >= 15 is 0 Å². The Balaban J connectivity index is 1.44. The van der Waals surface area contributed by atoms with E-state index in [-0.39, 0.29) is 12.1 Å². The van der Waals surface area contributed by atoms with Gasteiger partial charge in [0.05, 0.1) is 16.7 Å². The summed E-state index contributed by atoms with van der Waals surface area (Å²) in [6, 6.07) is 2.37. The average molecular weight is 362 g/mol. The first-order valence-electron chi connectivity index (χ1n) is 9.27. The fourth-order valence-corrected chi connectivity index (χ4v) is 4.91. The number of β-amino-alcohol motifs (C(OH)–C–C–N with tert-alkyl or cyclic N) is 1. The Morgan fingerprint density at radius 3 is 2.76 bits per heavy atom. The van der Waals surface area contributed by atoms with Crippen molar-refractivity contribution in [3.63, 3.8) is 0 Å². The Morgan fingerprint density at radius 1 is 1.24 bits per heavy atom. The Morgan fingerprint density at radius 2 is 2.04 bits per heavy atom. The van der Waals surface area contributed by atoms with Crippen molar-refractivity contribution in [3.05, 3.63) is 28.5 Å². The SMILES string of the molecule is Cc1ccsc1-c1nc(CN2C[C@H](O)[C@@H](N3CCCCC3)C2)c(C)o1. The summed E-state index contributed by atoms with van der Waals surface area (Å²) in [5, 5.41) is 12.6. The number of nitrogens with zero attached hydrogens (tertiary/aromatic N) is 3. The molecule has 2 atom stereocenters. The van der Waals surface area contributed by atoms with Crippen LogP contribution in [0.1, 0.15) is 36.3 Å². The molecule has 0 radical (unpaired) electrons. The van der Waals surface area contributed by atoms with Gasteiger partial charge in [-0.05, 0) is 56.8 Å². The molecule has 4 rings (SSSR count). The molecule has 2 aromatic rings. The highest BCUT2D eigenvalue weighted by Gasteiger charge is 2.36. The second kappa shape index (κ2) is 7.19. The lowest BCUT2D eigenvalue weighted by Gasteiger charge is -2.33. The van der Waals surface area contributed by atoms with Gasteiger partial charge in [0, 0.05) is 25.7 Å². The highest BCUT2D eigenvalue weighted by Crippen LogP contribution is 2.30. The van der Waals surface area contributed by atoms with E-state index in [1.54, 1.807) is 11.3 Å². The quantitative estimate of drug-likeness (QED) is 0.907. The van der Waals surface area contributed by atoms with Crippen LogP contribution in [-0.2, 0) is 6.54 Å². The highest BCUT2D eigenvalue weighted by molar-refractivity contribution is 7.13. The Bertz CT molecular complexity index is 720. The fourth-order valence-electron chi connectivity index (χ4n) is 4.06. The third kappa shape index (κ3) is 3.53. The van der Waals surface area contributed by atoms with Gasteiger partial charge in [-0.1, -0.05) is 6.42 Å². The van der Waals surface area contributed by atoms with E-state index in [2.05, 4.69) is 28.2 Å². The second-order valence-corrected chi connectivity index (χ2v) is 8.30. The third-order valence-electron chi connectivity index (χ3n) is 5.52. The number of likely N-dealkylation sites (tertiary alicyclic amines) is 2. The molecule has 2 aliphatic heterocycles. The topological polar surface area (TPSA) is 52.7 Å². The zero-order chi connectivity index (χ0) is 17.4. The highest BCUT2D eigenvalue weighted by atomic mass is 32.1. The van der Waals surface area contributed by atoms with Crippen molar-refractivity contribution >= 4 is 11.3 Å². The summed E-state index contributed by atoms with van der Waals surface area (Å²) in [5.41, 5.74) is 2.20. The molecular formula is C19H27N3O2S. The van der Waals surface area contributed by atoms with Gasteiger partial charge in [0.25, 0.3) is 0 Å². The van der Waals surface area contributed by atoms with Crippen molar-refractivity contribution < 1.29 is 9.52 Å². The molecule has 0 aliphatic carbocycles. The first kappa shape index (κ1) is 17.2. The summed E-state index contributed by atoms with van der Waals surface area (Å²) in [6.07, 6.45) is 3.58. The second-order valence-electron chi connectivity index (χ2n) is 7.38. The third-order valence-corrected chi connectivity index (χ3v) is 6.52. The number of hydrogen-bond donors (Lipinski definition) is 1. The van der Waals surface area contributed by atoms with Gasteiger partial charge in [0.1, 0.15) is 5.76 Å². The van der Waals surface area contributed by atoms with Gasteiger partial charge in [0.2, 0.25) is 5.89 Å². The van der Waals surface area contributed by atoms with Crippen molar-refractivity contribution in [2.24, 2.45) is 0 Å². The lowest BCUT2D eigenvalue weighted by molar-refractivity contribution is 0.0706. The number of aliphatic hydroxyl groups excluding tert-OH is 1. The number of aromatic nitrogens is 1. The smallest absolute Gasteiger partial charge is 0.237 e. The zero-order valence-electron chi connectivity index (χ0n) is 15.1. The van der Waals surface area contributed by atoms with E-state index in [9.17, 15) is 5.11 Å². The number of piperidine rings is 1. The number of aryl methyl sites for hydroxylation is 2. The zero-order valence-corrected chi connectivity index (χ0v) is 15.9. The van der Waals surface area contributed by atoms with Gasteiger partial charge >= 0.3 is 0 Å². The molecule has 136 valence electrons. The summed E-state index contributed by atoms with van der Waals surface area (Å²) >= 11 is 1.67. The molecule has 0 aromatic carbocycles. The number of aliphatic hydroxyl groups is 1. The van der Waals surface area contributed by atoms with Crippen molar-refractivity contribution in [2.45, 2.75) is 51.8 Å². The van der Waals surface area contributed by atoms with Gasteiger partial charge in [-0.15, -0.1) is 11.3 Å². The van der Waals surface area contributed by atoms with Crippen molar-refractivity contribution in [2.75, 3.05) is 26.2 Å². The summed E-state index contributed by atoms with van der Waals surface area (Å²) in [5.74, 6) is 1.62. The summed E-state index contributed by atoms with van der Waals surface area (Å²) in [7, 11) is 0. The van der Waals surface area contributed by atoms with Crippen LogP contribution in [0.5, 0.6) is 0 Å². The number of rotatable bonds is 4.